The first kappa shape index (κ1) is 26.7. The molecule has 176 valence electrons. The highest BCUT2D eigenvalue weighted by Gasteiger charge is 2.39. The monoisotopic (exact) mass is 425 g/mol. The highest BCUT2D eigenvalue weighted by Crippen LogP contribution is 2.33. The average molecular weight is 426 g/mol. The number of likely N-dealkylation sites (tertiary alicyclic amines) is 1. The third-order valence-electron chi connectivity index (χ3n) is 5.45. The number of carbonyl (C=O) groups excluding carboxylic acids is 2. The molecule has 2 atom stereocenters. The molecule has 0 bridgehead atoms. The van der Waals surface area contributed by atoms with Gasteiger partial charge in [-0.3, -0.25) is 4.79 Å². The van der Waals surface area contributed by atoms with Crippen molar-refractivity contribution in [2.45, 2.75) is 100 Å². The summed E-state index contributed by atoms with van der Waals surface area (Å²) in [5.74, 6) is 0.228. The molecule has 6 heteroatoms. The third kappa shape index (κ3) is 9.67. The molecular formula is C24H47N3O3. The molecule has 0 aromatic rings. The summed E-state index contributed by atoms with van der Waals surface area (Å²) in [5, 5.41) is 16.2. The summed E-state index contributed by atoms with van der Waals surface area (Å²) in [6.07, 6.45) is 2.26. The largest absolute Gasteiger partial charge is 0.390 e. The second kappa shape index (κ2) is 9.46. The van der Waals surface area contributed by atoms with Crippen molar-refractivity contribution in [3.63, 3.8) is 0 Å². The van der Waals surface area contributed by atoms with E-state index in [1.807, 2.05) is 13.8 Å². The number of nitrogens with one attached hydrogen (secondary N) is 2. The summed E-state index contributed by atoms with van der Waals surface area (Å²) in [7, 11) is 0. The number of rotatable bonds is 8. The summed E-state index contributed by atoms with van der Waals surface area (Å²) < 4.78 is 0. The van der Waals surface area contributed by atoms with Crippen molar-refractivity contribution in [3.8, 4) is 0 Å². The fourth-order valence-corrected chi connectivity index (χ4v) is 5.11. The van der Waals surface area contributed by atoms with Gasteiger partial charge in [0.25, 0.3) is 0 Å². The SMILES string of the molecule is CC1C[C@H](C(=O)NCC(C)(C)CC(C)(C)C)N(C(=O)NCC(C)(C)CC(C)(C)O)C1. The Morgan fingerprint density at radius 2 is 1.40 bits per heavy atom. The number of nitrogens with zero attached hydrogens (tertiary/aromatic N) is 1. The predicted octanol–water partition coefficient (Wildman–Crippen LogP) is 4.17. The van der Waals surface area contributed by atoms with Crippen molar-refractivity contribution in [3.05, 3.63) is 0 Å². The molecule has 30 heavy (non-hydrogen) atoms. The van der Waals surface area contributed by atoms with Crippen LogP contribution in [-0.4, -0.2) is 53.2 Å². The molecule has 3 amide bonds. The third-order valence-corrected chi connectivity index (χ3v) is 5.45. The van der Waals surface area contributed by atoms with Gasteiger partial charge >= 0.3 is 6.03 Å². The van der Waals surface area contributed by atoms with Gasteiger partial charge in [-0.2, -0.15) is 0 Å². The molecule has 1 rings (SSSR count). The van der Waals surface area contributed by atoms with Crippen molar-refractivity contribution < 1.29 is 14.7 Å². The topological polar surface area (TPSA) is 81.7 Å². The molecule has 1 unspecified atom stereocenters. The fraction of sp³-hybridized carbons (Fsp3) is 0.917. The second-order valence-corrected chi connectivity index (χ2v) is 12.9. The molecule has 0 radical (unpaired) electrons. The van der Waals surface area contributed by atoms with Crippen LogP contribution in [0, 0.1) is 22.2 Å². The van der Waals surface area contributed by atoms with Gasteiger partial charge in [0, 0.05) is 19.6 Å². The molecule has 1 saturated heterocycles. The van der Waals surface area contributed by atoms with E-state index < -0.39 is 11.6 Å². The van der Waals surface area contributed by atoms with Gasteiger partial charge in [-0.05, 0) is 55.3 Å². The maximum Gasteiger partial charge on any atom is 0.318 e. The molecule has 6 nitrogen and oxygen atoms in total. The van der Waals surface area contributed by atoms with Crippen LogP contribution in [0.5, 0.6) is 0 Å². The lowest BCUT2D eigenvalue weighted by atomic mass is 9.76. The van der Waals surface area contributed by atoms with Gasteiger partial charge in [0.15, 0.2) is 0 Å². The first-order valence-electron chi connectivity index (χ1n) is 11.3. The summed E-state index contributed by atoms with van der Waals surface area (Å²) in [5.41, 5.74) is -0.850. The van der Waals surface area contributed by atoms with Crippen molar-refractivity contribution in [2.24, 2.45) is 22.2 Å². The van der Waals surface area contributed by atoms with Gasteiger partial charge in [-0.25, -0.2) is 4.79 Å². The van der Waals surface area contributed by atoms with Crippen LogP contribution < -0.4 is 10.6 Å². The summed E-state index contributed by atoms with van der Waals surface area (Å²) >= 11 is 0. The Labute approximate surface area is 184 Å². The maximum atomic E-state index is 12.9. The Morgan fingerprint density at radius 3 is 1.90 bits per heavy atom. The molecule has 0 spiro atoms. The molecule has 1 heterocycles. The predicted molar refractivity (Wildman–Crippen MR) is 123 cm³/mol. The van der Waals surface area contributed by atoms with Crippen molar-refractivity contribution >= 4 is 11.9 Å². The molecule has 1 aliphatic rings. The summed E-state index contributed by atoms with van der Waals surface area (Å²) in [6, 6.07) is -0.625. The van der Waals surface area contributed by atoms with Crippen molar-refractivity contribution in [1.82, 2.24) is 15.5 Å². The van der Waals surface area contributed by atoms with E-state index in [1.165, 1.54) is 0 Å². The Balaban J connectivity index is 2.70. The normalized spacial score (nSPS) is 21.0. The van der Waals surface area contributed by atoms with Crippen LogP contribution in [0.2, 0.25) is 0 Å². The summed E-state index contributed by atoms with van der Waals surface area (Å²) in [4.78, 5) is 27.5. The lowest BCUT2D eigenvalue weighted by Crippen LogP contribution is -2.52. The molecule has 1 aliphatic heterocycles. The zero-order valence-electron chi connectivity index (χ0n) is 21.1. The van der Waals surface area contributed by atoms with Crippen LogP contribution in [0.25, 0.3) is 0 Å². The number of hydrogen-bond donors (Lipinski definition) is 3. The molecule has 0 saturated carbocycles. The smallest absolute Gasteiger partial charge is 0.318 e. The Morgan fingerprint density at radius 1 is 0.900 bits per heavy atom. The second-order valence-electron chi connectivity index (χ2n) is 12.9. The van der Waals surface area contributed by atoms with E-state index in [1.54, 1.807) is 18.7 Å². The molecule has 3 N–H and O–H groups in total. The van der Waals surface area contributed by atoms with Gasteiger partial charge in [0.1, 0.15) is 6.04 Å². The number of amides is 3. The average Bonchev–Trinajstić information content (AvgIpc) is 2.88. The zero-order chi connectivity index (χ0) is 23.5. The number of urea groups is 1. The standard InChI is InChI=1S/C24H47N3O3/c1-17-11-18(19(28)25-15-22(5,6)13-21(2,3)4)27(12-17)20(29)26-16-23(7,8)14-24(9,10)30/h17-18,30H,11-16H2,1-10H3,(H,25,28)(H,26,29)/t17?,18-/m1/s1. The lowest BCUT2D eigenvalue weighted by Gasteiger charge is -2.34. The minimum absolute atomic E-state index is 0.00760. The Hall–Kier alpha value is -1.30. The van der Waals surface area contributed by atoms with Gasteiger partial charge in [0.2, 0.25) is 5.91 Å². The first-order valence-corrected chi connectivity index (χ1v) is 11.3. The molecule has 0 aliphatic carbocycles. The molecule has 0 aromatic heterocycles. The maximum absolute atomic E-state index is 12.9. The van der Waals surface area contributed by atoms with Gasteiger partial charge in [-0.1, -0.05) is 55.4 Å². The highest BCUT2D eigenvalue weighted by molar-refractivity contribution is 5.87. The van der Waals surface area contributed by atoms with Gasteiger partial charge in [-0.15, -0.1) is 0 Å². The van der Waals surface area contributed by atoms with E-state index >= 15 is 0 Å². The summed E-state index contributed by atoms with van der Waals surface area (Å²) in [6.45, 7) is 22.3. The Kier molecular flexibility index (Phi) is 8.43. The van der Waals surface area contributed by atoms with Crippen molar-refractivity contribution in [1.29, 1.82) is 0 Å². The van der Waals surface area contributed by atoms with Crippen LogP contribution in [0.15, 0.2) is 0 Å². The quantitative estimate of drug-likeness (QED) is 0.546. The molecule has 1 fully saturated rings. The minimum atomic E-state index is -0.793. The Bertz CT molecular complexity index is 548. The van der Waals surface area contributed by atoms with E-state index in [0.29, 0.717) is 38.4 Å². The first-order chi connectivity index (χ1) is 13.3. The van der Waals surface area contributed by atoms with Gasteiger partial charge in [0.05, 0.1) is 5.60 Å². The highest BCUT2D eigenvalue weighted by atomic mass is 16.3. The van der Waals surface area contributed by atoms with Crippen LogP contribution in [0.1, 0.15) is 88.5 Å². The van der Waals surface area contributed by atoms with E-state index in [4.69, 9.17) is 0 Å². The minimum Gasteiger partial charge on any atom is -0.390 e. The van der Waals surface area contributed by atoms with Crippen LogP contribution >= 0.6 is 0 Å². The van der Waals surface area contributed by atoms with Crippen LogP contribution in [0.3, 0.4) is 0 Å². The van der Waals surface area contributed by atoms with E-state index in [0.717, 1.165) is 6.42 Å². The van der Waals surface area contributed by atoms with E-state index in [2.05, 4.69) is 52.2 Å². The fourth-order valence-electron chi connectivity index (χ4n) is 5.11. The van der Waals surface area contributed by atoms with Crippen LogP contribution in [-0.2, 0) is 4.79 Å². The lowest BCUT2D eigenvalue weighted by molar-refractivity contribution is -0.125. The van der Waals surface area contributed by atoms with Crippen LogP contribution in [0.4, 0.5) is 4.79 Å². The number of hydrogen-bond acceptors (Lipinski definition) is 3. The number of carbonyl (C=O) groups is 2. The molecular weight excluding hydrogens is 378 g/mol. The van der Waals surface area contributed by atoms with Crippen molar-refractivity contribution in [2.75, 3.05) is 19.6 Å². The van der Waals surface area contributed by atoms with Gasteiger partial charge < -0.3 is 20.6 Å². The van der Waals surface area contributed by atoms with E-state index in [-0.39, 0.29) is 28.2 Å². The van der Waals surface area contributed by atoms with E-state index in [9.17, 15) is 14.7 Å². The molecule has 0 aromatic carbocycles. The number of aliphatic hydroxyl groups is 1. The zero-order valence-corrected chi connectivity index (χ0v) is 21.1.